The standard InChI is InChI=1S/C14H16N2O2/c1-15-5-7-16(8-6-15)14-11(10-17)2-3-13-12(14)4-9-18-13/h2-4,9-10H,5-8H2,1H3. The van der Waals surface area contributed by atoms with Crippen molar-refractivity contribution in [1.29, 1.82) is 0 Å². The topological polar surface area (TPSA) is 36.7 Å². The highest BCUT2D eigenvalue weighted by molar-refractivity contribution is 6.00. The predicted molar refractivity (Wildman–Crippen MR) is 71.3 cm³/mol. The second-order valence-corrected chi connectivity index (χ2v) is 4.74. The van der Waals surface area contributed by atoms with Crippen LogP contribution in [0.2, 0.25) is 0 Å². The van der Waals surface area contributed by atoms with Crippen LogP contribution in [0.1, 0.15) is 10.4 Å². The van der Waals surface area contributed by atoms with Crippen LogP contribution in [0, 0.1) is 0 Å². The lowest BCUT2D eigenvalue weighted by atomic mass is 10.1. The fourth-order valence-corrected chi connectivity index (χ4v) is 2.52. The van der Waals surface area contributed by atoms with E-state index in [1.807, 2.05) is 18.2 Å². The Hall–Kier alpha value is -1.81. The maximum absolute atomic E-state index is 11.2. The number of furan rings is 1. The van der Waals surface area contributed by atoms with Gasteiger partial charge in [0.1, 0.15) is 5.58 Å². The minimum absolute atomic E-state index is 0.744. The number of hydrogen-bond acceptors (Lipinski definition) is 4. The number of anilines is 1. The second kappa shape index (κ2) is 4.46. The number of rotatable bonds is 2. The number of hydrogen-bond donors (Lipinski definition) is 0. The van der Waals surface area contributed by atoms with E-state index in [0.717, 1.165) is 54.7 Å². The van der Waals surface area contributed by atoms with Gasteiger partial charge in [0, 0.05) is 37.1 Å². The Morgan fingerprint density at radius 2 is 1.94 bits per heavy atom. The van der Waals surface area contributed by atoms with Gasteiger partial charge in [-0.3, -0.25) is 4.79 Å². The molecular weight excluding hydrogens is 228 g/mol. The first-order valence-corrected chi connectivity index (χ1v) is 6.18. The molecule has 4 nitrogen and oxygen atoms in total. The predicted octanol–water partition coefficient (Wildman–Crippen LogP) is 2.00. The molecule has 0 N–H and O–H groups in total. The van der Waals surface area contributed by atoms with Crippen LogP contribution in [0.5, 0.6) is 0 Å². The highest BCUT2D eigenvalue weighted by atomic mass is 16.3. The first kappa shape index (κ1) is 11.3. The summed E-state index contributed by atoms with van der Waals surface area (Å²) in [5.74, 6) is 0. The van der Waals surface area contributed by atoms with Crippen LogP contribution in [0.4, 0.5) is 5.69 Å². The van der Waals surface area contributed by atoms with E-state index in [0.29, 0.717) is 0 Å². The monoisotopic (exact) mass is 244 g/mol. The summed E-state index contributed by atoms with van der Waals surface area (Å²) in [5.41, 5.74) is 2.60. The molecule has 1 fully saturated rings. The summed E-state index contributed by atoms with van der Waals surface area (Å²) in [5, 5.41) is 1.03. The summed E-state index contributed by atoms with van der Waals surface area (Å²) >= 11 is 0. The fraction of sp³-hybridized carbons (Fsp3) is 0.357. The molecule has 0 aliphatic carbocycles. The number of nitrogens with zero attached hydrogens (tertiary/aromatic N) is 2. The molecule has 0 atom stereocenters. The van der Waals surface area contributed by atoms with E-state index in [1.54, 1.807) is 6.26 Å². The summed E-state index contributed by atoms with van der Waals surface area (Å²) in [4.78, 5) is 15.8. The van der Waals surface area contributed by atoms with Gasteiger partial charge in [0.2, 0.25) is 0 Å². The van der Waals surface area contributed by atoms with Crippen molar-refractivity contribution in [1.82, 2.24) is 4.90 Å². The lowest BCUT2D eigenvalue weighted by Crippen LogP contribution is -2.44. The lowest BCUT2D eigenvalue weighted by Gasteiger charge is -2.35. The van der Waals surface area contributed by atoms with Crippen molar-refractivity contribution in [2.45, 2.75) is 0 Å². The van der Waals surface area contributed by atoms with E-state index in [9.17, 15) is 4.79 Å². The Bertz CT molecular complexity index is 568. The number of carbonyl (C=O) groups is 1. The molecule has 1 saturated heterocycles. The van der Waals surface area contributed by atoms with Gasteiger partial charge in [-0.15, -0.1) is 0 Å². The zero-order valence-corrected chi connectivity index (χ0v) is 10.4. The molecule has 4 heteroatoms. The Morgan fingerprint density at radius 1 is 1.17 bits per heavy atom. The van der Waals surface area contributed by atoms with Crippen LogP contribution in [0.25, 0.3) is 11.0 Å². The van der Waals surface area contributed by atoms with Crippen molar-refractivity contribution in [3.8, 4) is 0 Å². The lowest BCUT2D eigenvalue weighted by molar-refractivity contribution is 0.112. The quantitative estimate of drug-likeness (QED) is 0.757. The largest absolute Gasteiger partial charge is 0.464 e. The zero-order chi connectivity index (χ0) is 12.5. The molecule has 1 aliphatic heterocycles. The van der Waals surface area contributed by atoms with Crippen LogP contribution in [0.15, 0.2) is 28.9 Å². The normalized spacial score (nSPS) is 17.3. The minimum atomic E-state index is 0.744. The molecule has 1 aliphatic rings. The summed E-state index contributed by atoms with van der Waals surface area (Å²) < 4.78 is 5.42. The Kier molecular flexibility index (Phi) is 2.80. The average Bonchev–Trinajstić information content (AvgIpc) is 2.87. The third-order valence-electron chi connectivity index (χ3n) is 3.58. The number of benzene rings is 1. The SMILES string of the molecule is CN1CCN(c2c(C=O)ccc3occc23)CC1. The van der Waals surface area contributed by atoms with Crippen molar-refractivity contribution in [3.05, 3.63) is 30.0 Å². The van der Waals surface area contributed by atoms with Crippen LogP contribution in [-0.4, -0.2) is 44.4 Å². The second-order valence-electron chi connectivity index (χ2n) is 4.74. The van der Waals surface area contributed by atoms with Crippen LogP contribution in [0.3, 0.4) is 0 Å². The van der Waals surface area contributed by atoms with E-state index >= 15 is 0 Å². The maximum Gasteiger partial charge on any atom is 0.152 e. The van der Waals surface area contributed by atoms with Crippen molar-refractivity contribution in [2.24, 2.45) is 0 Å². The van der Waals surface area contributed by atoms with E-state index < -0.39 is 0 Å². The van der Waals surface area contributed by atoms with Gasteiger partial charge in [0.15, 0.2) is 6.29 Å². The molecule has 0 radical (unpaired) electrons. The molecule has 94 valence electrons. The van der Waals surface area contributed by atoms with Gasteiger partial charge in [0.25, 0.3) is 0 Å². The van der Waals surface area contributed by atoms with Crippen molar-refractivity contribution in [3.63, 3.8) is 0 Å². The number of likely N-dealkylation sites (N-methyl/N-ethyl adjacent to an activating group) is 1. The first-order chi connectivity index (χ1) is 8.79. The smallest absolute Gasteiger partial charge is 0.152 e. The average molecular weight is 244 g/mol. The Labute approximate surface area is 106 Å². The minimum Gasteiger partial charge on any atom is -0.464 e. The maximum atomic E-state index is 11.2. The van der Waals surface area contributed by atoms with Gasteiger partial charge < -0.3 is 14.2 Å². The molecule has 18 heavy (non-hydrogen) atoms. The molecule has 1 aromatic carbocycles. The van der Waals surface area contributed by atoms with Crippen LogP contribution in [-0.2, 0) is 0 Å². The summed E-state index contributed by atoms with van der Waals surface area (Å²) in [6, 6.07) is 5.64. The Morgan fingerprint density at radius 3 is 2.67 bits per heavy atom. The third kappa shape index (κ3) is 1.78. The van der Waals surface area contributed by atoms with Gasteiger partial charge in [0.05, 0.1) is 12.0 Å². The van der Waals surface area contributed by atoms with Crippen molar-refractivity contribution in [2.75, 3.05) is 38.1 Å². The van der Waals surface area contributed by atoms with E-state index in [4.69, 9.17) is 4.42 Å². The molecular formula is C14H16N2O2. The molecule has 0 spiro atoms. The van der Waals surface area contributed by atoms with E-state index in [2.05, 4.69) is 16.8 Å². The molecule has 0 amide bonds. The van der Waals surface area contributed by atoms with E-state index in [1.165, 1.54) is 0 Å². The molecule has 2 aromatic rings. The van der Waals surface area contributed by atoms with Crippen LogP contribution < -0.4 is 4.90 Å². The van der Waals surface area contributed by atoms with Gasteiger partial charge >= 0.3 is 0 Å². The molecule has 1 aromatic heterocycles. The number of piperazine rings is 1. The zero-order valence-electron chi connectivity index (χ0n) is 10.4. The summed E-state index contributed by atoms with van der Waals surface area (Å²) in [7, 11) is 2.12. The molecule has 0 unspecified atom stereocenters. The number of carbonyl (C=O) groups excluding carboxylic acids is 1. The molecule has 0 saturated carbocycles. The highest BCUT2D eigenvalue weighted by Crippen LogP contribution is 2.31. The summed E-state index contributed by atoms with van der Waals surface area (Å²) in [6.45, 7) is 3.93. The van der Waals surface area contributed by atoms with Gasteiger partial charge in [-0.25, -0.2) is 0 Å². The number of aldehydes is 1. The van der Waals surface area contributed by atoms with Crippen LogP contribution >= 0.6 is 0 Å². The van der Waals surface area contributed by atoms with Gasteiger partial charge in [-0.1, -0.05) is 0 Å². The van der Waals surface area contributed by atoms with Gasteiger partial charge in [-0.2, -0.15) is 0 Å². The Balaban J connectivity index is 2.08. The van der Waals surface area contributed by atoms with E-state index in [-0.39, 0.29) is 0 Å². The first-order valence-electron chi connectivity index (χ1n) is 6.18. The fourth-order valence-electron chi connectivity index (χ4n) is 2.52. The third-order valence-corrected chi connectivity index (χ3v) is 3.58. The summed E-state index contributed by atoms with van der Waals surface area (Å²) in [6.07, 6.45) is 2.61. The van der Waals surface area contributed by atoms with Crippen molar-refractivity contribution < 1.29 is 9.21 Å². The van der Waals surface area contributed by atoms with Crippen molar-refractivity contribution >= 4 is 22.9 Å². The van der Waals surface area contributed by atoms with Gasteiger partial charge in [-0.05, 0) is 25.2 Å². The number of fused-ring (bicyclic) bond motifs is 1. The molecule has 2 heterocycles. The molecule has 0 bridgehead atoms. The highest BCUT2D eigenvalue weighted by Gasteiger charge is 2.19. The molecule has 3 rings (SSSR count).